The Morgan fingerprint density at radius 3 is 2.59 bits per heavy atom. The lowest BCUT2D eigenvalue weighted by Crippen LogP contribution is -2.22. The fourth-order valence-corrected chi connectivity index (χ4v) is 2.54. The summed E-state index contributed by atoms with van der Waals surface area (Å²) in [6.07, 6.45) is 0. The Hall–Kier alpha value is -3.46. The van der Waals surface area contributed by atoms with Crippen molar-refractivity contribution in [3.05, 3.63) is 63.2 Å². The molecular formula is C20H23N3O6. The molecular weight excluding hydrogens is 378 g/mol. The van der Waals surface area contributed by atoms with E-state index < -0.39 is 23.4 Å². The number of carbonyl (C=O) groups is 2. The van der Waals surface area contributed by atoms with Gasteiger partial charge in [-0.3, -0.25) is 14.9 Å². The van der Waals surface area contributed by atoms with Crippen LogP contribution >= 0.6 is 0 Å². The minimum absolute atomic E-state index is 0.0326. The Kier molecular flexibility index (Phi) is 7.67. The highest BCUT2D eigenvalue weighted by molar-refractivity contribution is 5.99. The number of nitrogens with zero attached hydrogens (tertiary/aromatic N) is 1. The van der Waals surface area contributed by atoms with Crippen molar-refractivity contribution < 1.29 is 24.0 Å². The van der Waals surface area contributed by atoms with Crippen LogP contribution in [0.1, 0.15) is 21.5 Å². The number of benzene rings is 2. The van der Waals surface area contributed by atoms with E-state index in [2.05, 4.69) is 10.6 Å². The Morgan fingerprint density at radius 2 is 1.90 bits per heavy atom. The molecule has 0 heterocycles. The van der Waals surface area contributed by atoms with Gasteiger partial charge in [-0.15, -0.1) is 0 Å². The minimum atomic E-state index is -0.843. The highest BCUT2D eigenvalue weighted by Crippen LogP contribution is 2.23. The van der Waals surface area contributed by atoms with Gasteiger partial charge in [0.25, 0.3) is 11.6 Å². The molecule has 0 aromatic heterocycles. The molecule has 0 saturated heterocycles. The van der Waals surface area contributed by atoms with Gasteiger partial charge in [-0.05, 0) is 37.1 Å². The number of hydrogen-bond donors (Lipinski definition) is 2. The van der Waals surface area contributed by atoms with E-state index in [0.717, 1.165) is 17.2 Å². The van der Waals surface area contributed by atoms with Gasteiger partial charge in [0.2, 0.25) is 0 Å². The van der Waals surface area contributed by atoms with Gasteiger partial charge in [-0.1, -0.05) is 12.1 Å². The molecule has 9 nitrogen and oxygen atoms in total. The number of nitro groups is 1. The summed E-state index contributed by atoms with van der Waals surface area (Å²) in [6, 6.07) is 9.29. The van der Waals surface area contributed by atoms with Crippen LogP contribution in [0.5, 0.6) is 0 Å². The van der Waals surface area contributed by atoms with Crippen LogP contribution in [0, 0.1) is 24.0 Å². The average Bonchev–Trinajstić information content (AvgIpc) is 2.70. The molecule has 2 N–H and O–H groups in total. The molecule has 0 atom stereocenters. The van der Waals surface area contributed by atoms with Crippen molar-refractivity contribution in [2.45, 2.75) is 13.8 Å². The van der Waals surface area contributed by atoms with Gasteiger partial charge in [0.05, 0.1) is 17.1 Å². The first kappa shape index (κ1) is 21.8. The van der Waals surface area contributed by atoms with E-state index in [9.17, 15) is 19.7 Å². The molecule has 0 spiro atoms. The summed E-state index contributed by atoms with van der Waals surface area (Å²) < 4.78 is 10.0. The smallest absolute Gasteiger partial charge is 0.341 e. The summed E-state index contributed by atoms with van der Waals surface area (Å²) in [4.78, 5) is 35.0. The number of nitro benzene ring substituents is 1. The summed E-state index contributed by atoms with van der Waals surface area (Å²) in [5, 5.41) is 16.7. The quantitative estimate of drug-likeness (QED) is 0.287. The Morgan fingerprint density at radius 1 is 1.14 bits per heavy atom. The number of carbonyl (C=O) groups excluding carboxylic acids is 2. The largest absolute Gasteiger partial charge is 0.452 e. The third-order valence-electron chi connectivity index (χ3n) is 4.27. The zero-order valence-corrected chi connectivity index (χ0v) is 16.5. The number of anilines is 2. The molecule has 0 radical (unpaired) electrons. The van der Waals surface area contributed by atoms with Crippen molar-refractivity contribution in [3.63, 3.8) is 0 Å². The van der Waals surface area contributed by atoms with Crippen LogP contribution in [-0.4, -0.2) is 43.7 Å². The second kappa shape index (κ2) is 10.2. The molecule has 0 fully saturated rings. The van der Waals surface area contributed by atoms with E-state index in [1.807, 2.05) is 26.0 Å². The lowest BCUT2D eigenvalue weighted by molar-refractivity contribution is -0.384. The normalized spacial score (nSPS) is 10.3. The monoisotopic (exact) mass is 401 g/mol. The van der Waals surface area contributed by atoms with Crippen LogP contribution in [0.2, 0.25) is 0 Å². The lowest BCUT2D eigenvalue weighted by atomic mass is 10.1. The van der Waals surface area contributed by atoms with Crippen LogP contribution in [0.25, 0.3) is 0 Å². The molecule has 0 aliphatic rings. The number of non-ortho nitro benzene ring substituents is 1. The van der Waals surface area contributed by atoms with Crippen molar-refractivity contribution in [3.8, 4) is 0 Å². The summed E-state index contributed by atoms with van der Waals surface area (Å²) >= 11 is 0. The number of amides is 1. The standard InChI is InChI=1S/C20H23N3O6/c1-13-5-4-6-17(14(13)2)22-19(24)12-29-20(25)16-11-15(23(26)27)7-8-18(16)21-9-10-28-3/h4-8,11,21H,9-10,12H2,1-3H3,(H,22,24). The van der Waals surface area contributed by atoms with Gasteiger partial charge in [-0.2, -0.15) is 0 Å². The van der Waals surface area contributed by atoms with E-state index in [4.69, 9.17) is 9.47 Å². The van der Waals surface area contributed by atoms with Gasteiger partial charge in [0.1, 0.15) is 0 Å². The van der Waals surface area contributed by atoms with Crippen molar-refractivity contribution in [2.75, 3.05) is 37.5 Å². The number of rotatable bonds is 9. The van der Waals surface area contributed by atoms with Gasteiger partial charge in [0, 0.05) is 37.2 Å². The van der Waals surface area contributed by atoms with Crippen molar-refractivity contribution >= 4 is 28.9 Å². The molecule has 154 valence electrons. The zero-order valence-electron chi connectivity index (χ0n) is 16.5. The van der Waals surface area contributed by atoms with Gasteiger partial charge >= 0.3 is 5.97 Å². The molecule has 9 heteroatoms. The van der Waals surface area contributed by atoms with Crippen LogP contribution in [0.3, 0.4) is 0 Å². The maximum Gasteiger partial charge on any atom is 0.341 e. The van der Waals surface area contributed by atoms with Crippen molar-refractivity contribution in [1.82, 2.24) is 0 Å². The molecule has 0 saturated carbocycles. The molecule has 0 aliphatic carbocycles. The van der Waals surface area contributed by atoms with E-state index >= 15 is 0 Å². The lowest BCUT2D eigenvalue weighted by Gasteiger charge is -2.13. The fourth-order valence-electron chi connectivity index (χ4n) is 2.54. The van der Waals surface area contributed by atoms with E-state index in [-0.39, 0.29) is 11.3 Å². The predicted molar refractivity (Wildman–Crippen MR) is 108 cm³/mol. The van der Waals surface area contributed by atoms with Gasteiger partial charge in [0.15, 0.2) is 6.61 Å². The number of nitrogens with one attached hydrogen (secondary N) is 2. The first-order valence-electron chi connectivity index (χ1n) is 8.88. The second-order valence-electron chi connectivity index (χ2n) is 6.28. The highest BCUT2D eigenvalue weighted by Gasteiger charge is 2.19. The summed E-state index contributed by atoms with van der Waals surface area (Å²) in [5.74, 6) is -1.35. The molecule has 1 amide bonds. The first-order chi connectivity index (χ1) is 13.8. The van der Waals surface area contributed by atoms with Gasteiger partial charge in [-0.25, -0.2) is 4.79 Å². The number of ether oxygens (including phenoxy) is 2. The molecule has 2 rings (SSSR count). The van der Waals surface area contributed by atoms with E-state index in [1.54, 1.807) is 6.07 Å². The van der Waals surface area contributed by atoms with Crippen LogP contribution in [0.15, 0.2) is 36.4 Å². The minimum Gasteiger partial charge on any atom is -0.452 e. The Bertz CT molecular complexity index is 913. The number of hydrogen-bond acceptors (Lipinski definition) is 7. The third kappa shape index (κ3) is 6.01. The topological polar surface area (TPSA) is 120 Å². The maximum atomic E-state index is 12.5. The molecule has 29 heavy (non-hydrogen) atoms. The summed E-state index contributed by atoms with van der Waals surface area (Å²) in [7, 11) is 1.53. The molecule has 0 unspecified atom stereocenters. The van der Waals surface area contributed by atoms with Gasteiger partial charge < -0.3 is 20.1 Å². The highest BCUT2D eigenvalue weighted by atomic mass is 16.6. The zero-order chi connectivity index (χ0) is 21.4. The molecule has 2 aromatic rings. The molecule has 0 bridgehead atoms. The molecule has 0 aliphatic heterocycles. The van der Waals surface area contributed by atoms with E-state index in [1.165, 1.54) is 19.2 Å². The predicted octanol–water partition coefficient (Wildman–Crippen LogP) is 3.07. The Balaban J connectivity index is 2.08. The maximum absolute atomic E-state index is 12.5. The number of esters is 1. The van der Waals surface area contributed by atoms with E-state index in [0.29, 0.717) is 24.5 Å². The van der Waals surface area contributed by atoms with Crippen molar-refractivity contribution in [1.29, 1.82) is 0 Å². The first-order valence-corrected chi connectivity index (χ1v) is 8.88. The average molecular weight is 401 g/mol. The molecule has 2 aromatic carbocycles. The number of aryl methyl sites for hydroxylation is 1. The number of methoxy groups -OCH3 is 1. The Labute approximate surface area is 168 Å². The SMILES string of the molecule is COCCNc1ccc([N+](=O)[O-])cc1C(=O)OCC(=O)Nc1cccc(C)c1C. The van der Waals surface area contributed by atoms with Crippen LogP contribution in [0.4, 0.5) is 17.1 Å². The van der Waals surface area contributed by atoms with Crippen LogP contribution < -0.4 is 10.6 Å². The summed E-state index contributed by atoms with van der Waals surface area (Å²) in [5.41, 5.74) is 2.62. The summed E-state index contributed by atoms with van der Waals surface area (Å²) in [6.45, 7) is 4.04. The van der Waals surface area contributed by atoms with Crippen molar-refractivity contribution in [2.24, 2.45) is 0 Å². The second-order valence-corrected chi connectivity index (χ2v) is 6.28. The third-order valence-corrected chi connectivity index (χ3v) is 4.27. The fraction of sp³-hybridized carbons (Fsp3) is 0.300. The van der Waals surface area contributed by atoms with Crippen LogP contribution in [-0.2, 0) is 14.3 Å².